The summed E-state index contributed by atoms with van der Waals surface area (Å²) in [4.78, 5) is 6.54. The first kappa shape index (κ1) is 12.9. The van der Waals surface area contributed by atoms with E-state index in [9.17, 15) is 0 Å². The Hall–Kier alpha value is -1.13. The molecule has 16 heavy (non-hydrogen) atoms. The zero-order chi connectivity index (χ0) is 11.8. The SMILES string of the molecule is CCCN(CCO)Cc1cc(NC)ccn1. The summed E-state index contributed by atoms with van der Waals surface area (Å²) in [5.41, 5.74) is 2.11. The second kappa shape index (κ2) is 7.19. The van der Waals surface area contributed by atoms with Gasteiger partial charge in [0.05, 0.1) is 12.3 Å². The Bertz CT molecular complexity index is 298. The van der Waals surface area contributed by atoms with E-state index >= 15 is 0 Å². The lowest BCUT2D eigenvalue weighted by Gasteiger charge is -2.20. The van der Waals surface area contributed by atoms with Crippen LogP contribution in [-0.2, 0) is 6.54 Å². The summed E-state index contributed by atoms with van der Waals surface area (Å²) in [6, 6.07) is 3.99. The van der Waals surface area contributed by atoms with Crippen LogP contribution in [0.4, 0.5) is 5.69 Å². The van der Waals surface area contributed by atoms with Crippen LogP contribution in [0, 0.1) is 0 Å². The third kappa shape index (κ3) is 4.16. The molecule has 90 valence electrons. The van der Waals surface area contributed by atoms with E-state index in [4.69, 9.17) is 5.11 Å². The third-order valence-electron chi connectivity index (χ3n) is 2.45. The molecule has 0 aromatic carbocycles. The summed E-state index contributed by atoms with van der Waals surface area (Å²) in [6.07, 6.45) is 2.90. The highest BCUT2D eigenvalue weighted by molar-refractivity contribution is 5.42. The lowest BCUT2D eigenvalue weighted by Crippen LogP contribution is -2.27. The van der Waals surface area contributed by atoms with Gasteiger partial charge in [-0.3, -0.25) is 9.88 Å². The lowest BCUT2D eigenvalue weighted by molar-refractivity contribution is 0.189. The van der Waals surface area contributed by atoms with E-state index in [0.29, 0.717) is 6.54 Å². The molecular formula is C12H21N3O. The fraction of sp³-hybridized carbons (Fsp3) is 0.583. The molecule has 0 radical (unpaired) electrons. The van der Waals surface area contributed by atoms with Gasteiger partial charge in [-0.1, -0.05) is 6.92 Å². The van der Waals surface area contributed by atoms with Crippen LogP contribution < -0.4 is 5.32 Å². The topological polar surface area (TPSA) is 48.4 Å². The monoisotopic (exact) mass is 223 g/mol. The Morgan fingerprint density at radius 1 is 1.44 bits per heavy atom. The Morgan fingerprint density at radius 2 is 2.25 bits per heavy atom. The van der Waals surface area contributed by atoms with Crippen molar-refractivity contribution < 1.29 is 5.11 Å². The first-order chi connectivity index (χ1) is 7.80. The normalized spacial score (nSPS) is 10.8. The molecule has 1 rings (SSSR count). The zero-order valence-electron chi connectivity index (χ0n) is 10.1. The molecule has 1 aromatic rings. The van der Waals surface area contributed by atoms with Crippen molar-refractivity contribution in [3.05, 3.63) is 24.0 Å². The van der Waals surface area contributed by atoms with Crippen molar-refractivity contribution in [1.82, 2.24) is 9.88 Å². The molecule has 4 nitrogen and oxygen atoms in total. The van der Waals surface area contributed by atoms with E-state index in [-0.39, 0.29) is 6.61 Å². The number of pyridine rings is 1. The fourth-order valence-corrected chi connectivity index (χ4v) is 1.68. The second-order valence-electron chi connectivity index (χ2n) is 3.79. The minimum atomic E-state index is 0.200. The van der Waals surface area contributed by atoms with Crippen LogP contribution in [0.3, 0.4) is 0 Å². The Labute approximate surface area is 97.3 Å². The van der Waals surface area contributed by atoms with Crippen molar-refractivity contribution in [3.8, 4) is 0 Å². The van der Waals surface area contributed by atoms with Gasteiger partial charge in [-0.05, 0) is 25.1 Å². The second-order valence-corrected chi connectivity index (χ2v) is 3.79. The maximum Gasteiger partial charge on any atom is 0.0564 e. The summed E-state index contributed by atoms with van der Waals surface area (Å²) in [6.45, 7) is 4.84. The maximum absolute atomic E-state index is 8.97. The molecule has 0 amide bonds. The van der Waals surface area contributed by atoms with Gasteiger partial charge in [-0.25, -0.2) is 0 Å². The van der Waals surface area contributed by atoms with E-state index in [1.807, 2.05) is 25.4 Å². The summed E-state index contributed by atoms with van der Waals surface area (Å²) >= 11 is 0. The van der Waals surface area contributed by atoms with Crippen molar-refractivity contribution in [2.24, 2.45) is 0 Å². The standard InChI is InChI=1S/C12H21N3O/c1-3-6-15(7-8-16)10-12-9-11(13-2)4-5-14-12/h4-5,9,16H,3,6-8,10H2,1-2H3,(H,13,14). The van der Waals surface area contributed by atoms with Gasteiger partial charge in [-0.15, -0.1) is 0 Å². The van der Waals surface area contributed by atoms with Crippen LogP contribution in [0.15, 0.2) is 18.3 Å². The molecule has 0 aliphatic heterocycles. The van der Waals surface area contributed by atoms with E-state index in [2.05, 4.69) is 22.1 Å². The molecule has 0 aliphatic rings. The number of hydrogen-bond donors (Lipinski definition) is 2. The highest BCUT2D eigenvalue weighted by atomic mass is 16.3. The van der Waals surface area contributed by atoms with Crippen LogP contribution in [0.2, 0.25) is 0 Å². The van der Waals surface area contributed by atoms with Crippen LogP contribution in [0.5, 0.6) is 0 Å². The van der Waals surface area contributed by atoms with Gasteiger partial charge in [0, 0.05) is 32.0 Å². The van der Waals surface area contributed by atoms with E-state index in [1.54, 1.807) is 0 Å². The number of nitrogens with one attached hydrogen (secondary N) is 1. The average molecular weight is 223 g/mol. The Balaban J connectivity index is 2.60. The van der Waals surface area contributed by atoms with Crippen molar-refractivity contribution in [1.29, 1.82) is 0 Å². The molecule has 2 N–H and O–H groups in total. The molecule has 0 spiro atoms. The fourth-order valence-electron chi connectivity index (χ4n) is 1.68. The molecule has 1 heterocycles. The summed E-state index contributed by atoms with van der Waals surface area (Å²) < 4.78 is 0. The highest BCUT2D eigenvalue weighted by Gasteiger charge is 2.05. The van der Waals surface area contributed by atoms with Crippen molar-refractivity contribution in [2.75, 3.05) is 32.1 Å². The Kier molecular flexibility index (Phi) is 5.82. The number of aromatic nitrogens is 1. The van der Waals surface area contributed by atoms with Gasteiger partial charge >= 0.3 is 0 Å². The Morgan fingerprint density at radius 3 is 2.88 bits per heavy atom. The molecule has 0 unspecified atom stereocenters. The predicted octanol–water partition coefficient (Wildman–Crippen LogP) is 1.33. The molecule has 0 bridgehead atoms. The summed E-state index contributed by atoms with van der Waals surface area (Å²) in [5.74, 6) is 0. The van der Waals surface area contributed by atoms with E-state index in [1.165, 1.54) is 0 Å². The summed E-state index contributed by atoms with van der Waals surface area (Å²) in [7, 11) is 1.90. The molecule has 0 atom stereocenters. The number of nitrogens with zero attached hydrogens (tertiary/aromatic N) is 2. The molecule has 1 aromatic heterocycles. The molecule has 0 fully saturated rings. The van der Waals surface area contributed by atoms with Crippen LogP contribution in [0.25, 0.3) is 0 Å². The quantitative estimate of drug-likeness (QED) is 0.732. The van der Waals surface area contributed by atoms with Gasteiger partial charge in [-0.2, -0.15) is 0 Å². The van der Waals surface area contributed by atoms with Crippen molar-refractivity contribution in [2.45, 2.75) is 19.9 Å². The van der Waals surface area contributed by atoms with Crippen LogP contribution in [0.1, 0.15) is 19.0 Å². The molecule has 0 saturated carbocycles. The predicted molar refractivity (Wildman–Crippen MR) is 66.4 cm³/mol. The molecule has 0 saturated heterocycles. The lowest BCUT2D eigenvalue weighted by atomic mass is 10.3. The minimum Gasteiger partial charge on any atom is -0.395 e. The molecular weight excluding hydrogens is 202 g/mol. The van der Waals surface area contributed by atoms with Crippen LogP contribution in [-0.4, -0.2) is 41.7 Å². The smallest absolute Gasteiger partial charge is 0.0564 e. The van der Waals surface area contributed by atoms with Gasteiger partial charge in [0.15, 0.2) is 0 Å². The van der Waals surface area contributed by atoms with Crippen molar-refractivity contribution in [3.63, 3.8) is 0 Å². The number of aliphatic hydroxyl groups is 1. The number of rotatable bonds is 7. The van der Waals surface area contributed by atoms with Gasteiger partial charge in [0.25, 0.3) is 0 Å². The van der Waals surface area contributed by atoms with Crippen LogP contribution >= 0.6 is 0 Å². The number of anilines is 1. The maximum atomic E-state index is 8.97. The van der Waals surface area contributed by atoms with Gasteiger partial charge in [0.1, 0.15) is 0 Å². The van der Waals surface area contributed by atoms with E-state index in [0.717, 1.165) is 30.9 Å². The number of aliphatic hydroxyl groups excluding tert-OH is 1. The average Bonchev–Trinajstić information content (AvgIpc) is 2.30. The molecule has 0 aliphatic carbocycles. The minimum absolute atomic E-state index is 0.200. The molecule has 4 heteroatoms. The zero-order valence-corrected chi connectivity index (χ0v) is 10.1. The first-order valence-corrected chi connectivity index (χ1v) is 5.76. The van der Waals surface area contributed by atoms with Gasteiger partial charge in [0.2, 0.25) is 0 Å². The largest absolute Gasteiger partial charge is 0.395 e. The van der Waals surface area contributed by atoms with E-state index < -0.39 is 0 Å². The highest BCUT2D eigenvalue weighted by Crippen LogP contribution is 2.09. The third-order valence-corrected chi connectivity index (χ3v) is 2.45. The first-order valence-electron chi connectivity index (χ1n) is 5.76. The van der Waals surface area contributed by atoms with Crippen molar-refractivity contribution >= 4 is 5.69 Å². The summed E-state index contributed by atoms with van der Waals surface area (Å²) in [5, 5.41) is 12.1. The van der Waals surface area contributed by atoms with Gasteiger partial charge < -0.3 is 10.4 Å². The number of hydrogen-bond acceptors (Lipinski definition) is 4.